The highest BCUT2D eigenvalue weighted by Crippen LogP contribution is 2.28. The third-order valence-corrected chi connectivity index (χ3v) is 4.53. The SMILES string of the molecule is CC(=O)c1cccc(NC(=O)N2CCC[C@H]2C[C@H](O)c2ccco2)c1. The number of furan rings is 1. The monoisotopic (exact) mass is 342 g/mol. The van der Waals surface area contributed by atoms with Crippen LogP contribution in [0.3, 0.4) is 0 Å². The molecule has 2 N–H and O–H groups in total. The first-order valence-corrected chi connectivity index (χ1v) is 8.44. The molecular weight excluding hydrogens is 320 g/mol. The van der Waals surface area contributed by atoms with E-state index in [-0.39, 0.29) is 17.9 Å². The Morgan fingerprint density at radius 1 is 1.36 bits per heavy atom. The summed E-state index contributed by atoms with van der Waals surface area (Å²) in [6.45, 7) is 2.14. The van der Waals surface area contributed by atoms with Crippen LogP contribution in [-0.4, -0.2) is 34.4 Å². The maximum absolute atomic E-state index is 12.6. The number of ketones is 1. The van der Waals surface area contributed by atoms with Crippen molar-refractivity contribution in [1.29, 1.82) is 0 Å². The first-order valence-electron chi connectivity index (χ1n) is 8.44. The normalized spacial score (nSPS) is 18.2. The van der Waals surface area contributed by atoms with Gasteiger partial charge in [0.1, 0.15) is 11.9 Å². The van der Waals surface area contributed by atoms with Gasteiger partial charge in [0.2, 0.25) is 0 Å². The van der Waals surface area contributed by atoms with Gasteiger partial charge >= 0.3 is 6.03 Å². The van der Waals surface area contributed by atoms with Gasteiger partial charge < -0.3 is 19.7 Å². The summed E-state index contributed by atoms with van der Waals surface area (Å²) >= 11 is 0. The van der Waals surface area contributed by atoms with Crippen molar-refractivity contribution in [1.82, 2.24) is 4.90 Å². The van der Waals surface area contributed by atoms with Gasteiger partial charge in [0.15, 0.2) is 5.78 Å². The molecular formula is C19H22N2O4. The van der Waals surface area contributed by atoms with Gasteiger partial charge in [-0.2, -0.15) is 0 Å². The molecule has 0 bridgehead atoms. The van der Waals surface area contributed by atoms with E-state index >= 15 is 0 Å². The van der Waals surface area contributed by atoms with E-state index in [9.17, 15) is 14.7 Å². The molecule has 0 saturated carbocycles. The average molecular weight is 342 g/mol. The highest BCUT2D eigenvalue weighted by atomic mass is 16.4. The second-order valence-electron chi connectivity index (χ2n) is 6.32. The molecule has 0 aliphatic carbocycles. The summed E-state index contributed by atoms with van der Waals surface area (Å²) in [5, 5.41) is 13.1. The molecule has 1 aromatic carbocycles. The highest BCUT2D eigenvalue weighted by molar-refractivity contribution is 5.96. The minimum atomic E-state index is -0.727. The molecule has 0 radical (unpaired) electrons. The van der Waals surface area contributed by atoms with Crippen LogP contribution in [0.5, 0.6) is 0 Å². The molecule has 2 heterocycles. The van der Waals surface area contributed by atoms with E-state index in [4.69, 9.17) is 4.42 Å². The summed E-state index contributed by atoms with van der Waals surface area (Å²) in [5.74, 6) is 0.470. The number of urea groups is 1. The summed E-state index contributed by atoms with van der Waals surface area (Å²) in [6, 6.07) is 10.1. The van der Waals surface area contributed by atoms with Crippen LogP contribution in [0.25, 0.3) is 0 Å². The molecule has 0 unspecified atom stereocenters. The minimum absolute atomic E-state index is 0.0447. The fraction of sp³-hybridized carbons (Fsp3) is 0.368. The highest BCUT2D eigenvalue weighted by Gasteiger charge is 2.31. The Bertz CT molecular complexity index is 742. The number of carbonyl (C=O) groups is 2. The number of nitrogens with zero attached hydrogens (tertiary/aromatic N) is 1. The number of likely N-dealkylation sites (tertiary alicyclic amines) is 1. The molecule has 1 aliphatic rings. The van der Waals surface area contributed by atoms with Gasteiger partial charge in [-0.05, 0) is 44.0 Å². The fourth-order valence-corrected chi connectivity index (χ4v) is 3.21. The zero-order valence-electron chi connectivity index (χ0n) is 14.1. The third kappa shape index (κ3) is 4.09. The lowest BCUT2D eigenvalue weighted by molar-refractivity contribution is 0.101. The molecule has 2 atom stereocenters. The van der Waals surface area contributed by atoms with E-state index in [1.165, 1.54) is 13.2 Å². The molecule has 6 heteroatoms. The molecule has 6 nitrogen and oxygen atoms in total. The van der Waals surface area contributed by atoms with Gasteiger partial charge in [-0.3, -0.25) is 4.79 Å². The van der Waals surface area contributed by atoms with Gasteiger partial charge in [0, 0.05) is 30.3 Å². The van der Waals surface area contributed by atoms with Crippen molar-refractivity contribution in [3.8, 4) is 0 Å². The number of aliphatic hydroxyl groups excluding tert-OH is 1. The molecule has 2 amide bonds. The van der Waals surface area contributed by atoms with Crippen molar-refractivity contribution in [2.45, 2.75) is 38.3 Å². The van der Waals surface area contributed by atoms with Crippen LogP contribution in [0, 0.1) is 0 Å². The second-order valence-corrected chi connectivity index (χ2v) is 6.32. The van der Waals surface area contributed by atoms with Crippen molar-refractivity contribution >= 4 is 17.5 Å². The number of benzene rings is 1. The quantitative estimate of drug-likeness (QED) is 0.813. The molecule has 3 rings (SSSR count). The van der Waals surface area contributed by atoms with E-state index in [1.807, 2.05) is 0 Å². The van der Waals surface area contributed by atoms with Crippen LogP contribution < -0.4 is 5.32 Å². The number of hydrogen-bond donors (Lipinski definition) is 2. The Morgan fingerprint density at radius 2 is 2.20 bits per heavy atom. The summed E-state index contributed by atoms with van der Waals surface area (Å²) < 4.78 is 5.23. The minimum Gasteiger partial charge on any atom is -0.467 e. The molecule has 132 valence electrons. The molecule has 1 aliphatic heterocycles. The summed E-state index contributed by atoms with van der Waals surface area (Å²) in [5.41, 5.74) is 1.15. The van der Waals surface area contributed by atoms with Gasteiger partial charge in [-0.25, -0.2) is 4.79 Å². The second kappa shape index (κ2) is 7.53. The Balaban J connectivity index is 1.64. The molecule has 1 fully saturated rings. The smallest absolute Gasteiger partial charge is 0.322 e. The fourth-order valence-electron chi connectivity index (χ4n) is 3.21. The average Bonchev–Trinajstić information content (AvgIpc) is 3.26. The third-order valence-electron chi connectivity index (χ3n) is 4.53. The zero-order chi connectivity index (χ0) is 17.8. The lowest BCUT2D eigenvalue weighted by atomic mass is 10.1. The molecule has 1 aromatic heterocycles. The predicted molar refractivity (Wildman–Crippen MR) is 93.5 cm³/mol. The number of anilines is 1. The maximum atomic E-state index is 12.6. The number of nitrogens with one attached hydrogen (secondary N) is 1. The zero-order valence-corrected chi connectivity index (χ0v) is 14.1. The maximum Gasteiger partial charge on any atom is 0.322 e. The molecule has 2 aromatic rings. The summed E-state index contributed by atoms with van der Waals surface area (Å²) in [7, 11) is 0. The van der Waals surface area contributed by atoms with Crippen LogP contribution in [0.4, 0.5) is 10.5 Å². The van der Waals surface area contributed by atoms with Crippen LogP contribution in [-0.2, 0) is 0 Å². The lowest BCUT2D eigenvalue weighted by Crippen LogP contribution is -2.39. The van der Waals surface area contributed by atoms with Crippen molar-refractivity contribution in [2.24, 2.45) is 0 Å². The van der Waals surface area contributed by atoms with Crippen molar-refractivity contribution < 1.29 is 19.1 Å². The van der Waals surface area contributed by atoms with E-state index in [1.54, 1.807) is 41.3 Å². The van der Waals surface area contributed by atoms with E-state index in [0.29, 0.717) is 30.0 Å². The molecule has 25 heavy (non-hydrogen) atoms. The van der Waals surface area contributed by atoms with Crippen LogP contribution in [0.1, 0.15) is 48.4 Å². The number of carbonyl (C=O) groups excluding carboxylic acids is 2. The number of aliphatic hydroxyl groups is 1. The van der Waals surface area contributed by atoms with Gasteiger partial charge in [-0.1, -0.05) is 12.1 Å². The first-order chi connectivity index (χ1) is 12.0. The topological polar surface area (TPSA) is 82.8 Å². The predicted octanol–water partition coefficient (Wildman–Crippen LogP) is 3.60. The Kier molecular flexibility index (Phi) is 5.19. The van der Waals surface area contributed by atoms with E-state index in [2.05, 4.69) is 5.32 Å². The van der Waals surface area contributed by atoms with E-state index in [0.717, 1.165) is 12.8 Å². The Hall–Kier alpha value is -2.60. The standard InChI is InChI=1S/C19H22N2O4/c1-13(22)14-5-2-6-15(11-14)20-19(24)21-9-3-7-16(21)12-17(23)18-8-4-10-25-18/h2,4-6,8,10-11,16-17,23H,3,7,9,12H2,1H3,(H,20,24)/t16-,17-/m0/s1. The number of hydrogen-bond acceptors (Lipinski definition) is 4. The number of Topliss-reactive ketones (excluding diaryl/α,β-unsaturated/α-hetero) is 1. The van der Waals surface area contributed by atoms with E-state index < -0.39 is 6.10 Å². The Labute approximate surface area is 146 Å². The van der Waals surface area contributed by atoms with Gasteiger partial charge in [0.25, 0.3) is 0 Å². The molecule has 1 saturated heterocycles. The van der Waals surface area contributed by atoms with Crippen molar-refractivity contribution in [3.05, 3.63) is 54.0 Å². The van der Waals surface area contributed by atoms with Crippen LogP contribution >= 0.6 is 0 Å². The number of rotatable bonds is 5. The Morgan fingerprint density at radius 3 is 2.92 bits per heavy atom. The summed E-state index contributed by atoms with van der Waals surface area (Å²) in [6.07, 6.45) is 2.98. The number of amides is 2. The van der Waals surface area contributed by atoms with Crippen LogP contribution in [0.2, 0.25) is 0 Å². The molecule has 0 spiro atoms. The van der Waals surface area contributed by atoms with Crippen LogP contribution in [0.15, 0.2) is 47.1 Å². The van der Waals surface area contributed by atoms with Gasteiger partial charge in [-0.15, -0.1) is 0 Å². The van der Waals surface area contributed by atoms with Crippen molar-refractivity contribution in [2.75, 3.05) is 11.9 Å². The van der Waals surface area contributed by atoms with Gasteiger partial charge in [0.05, 0.1) is 6.26 Å². The first kappa shape index (κ1) is 17.2. The lowest BCUT2D eigenvalue weighted by Gasteiger charge is -2.26. The largest absolute Gasteiger partial charge is 0.467 e. The summed E-state index contributed by atoms with van der Waals surface area (Å²) in [4.78, 5) is 25.8. The van der Waals surface area contributed by atoms with Crippen molar-refractivity contribution in [3.63, 3.8) is 0 Å².